The molecule has 11 rings (SSSR count). The van der Waals surface area contributed by atoms with E-state index < -0.39 is 116 Å². The van der Waals surface area contributed by atoms with Crippen LogP contribution in [0.25, 0.3) is 34.0 Å². The number of cyclic esters (lactones) is 1. The number of esters is 3. The summed E-state index contributed by atoms with van der Waals surface area (Å²) in [7, 11) is 0. The molecule has 5 aliphatic heterocycles. The van der Waals surface area contributed by atoms with Gasteiger partial charge >= 0.3 is 23.9 Å². The zero-order valence-corrected chi connectivity index (χ0v) is 64.1. The summed E-state index contributed by atoms with van der Waals surface area (Å²) in [6, 6.07) is 23.2. The van der Waals surface area contributed by atoms with Crippen LogP contribution in [0.1, 0.15) is 173 Å². The molecule has 4 aromatic carbocycles. The van der Waals surface area contributed by atoms with Crippen LogP contribution in [0.5, 0.6) is 0 Å². The van der Waals surface area contributed by atoms with E-state index in [9.17, 15) is 78.4 Å². The minimum Gasteiger partial charge on any atom is -0.481 e. The van der Waals surface area contributed by atoms with Gasteiger partial charge in [-0.2, -0.15) is 0 Å². The molecule has 2 aromatic heterocycles. The molecule has 5 aliphatic rings. The maximum Gasteiger partial charge on any atom is 0.353 e. The normalized spacial score (nSPS) is 22.8. The lowest BCUT2D eigenvalue weighted by atomic mass is 9.81. The van der Waals surface area contributed by atoms with Crippen LogP contribution in [0.3, 0.4) is 0 Å². The minimum atomic E-state index is -1.24. The van der Waals surface area contributed by atoms with Crippen molar-refractivity contribution in [2.45, 2.75) is 169 Å². The number of nitro groups is 2. The average molecular weight is 1550 g/mol. The van der Waals surface area contributed by atoms with E-state index in [4.69, 9.17) is 24.2 Å². The predicted molar refractivity (Wildman–Crippen MR) is 409 cm³/mol. The molecule has 0 aliphatic carbocycles. The van der Waals surface area contributed by atoms with Crippen molar-refractivity contribution in [1.29, 1.82) is 0 Å². The van der Waals surface area contributed by atoms with Crippen LogP contribution in [-0.2, 0) is 57.3 Å². The Bertz CT molecular complexity index is 4550. The van der Waals surface area contributed by atoms with Crippen molar-refractivity contribution < 1.29 is 87.0 Å². The van der Waals surface area contributed by atoms with Gasteiger partial charge in [0.05, 0.1) is 57.6 Å². The summed E-state index contributed by atoms with van der Waals surface area (Å²) in [5, 5.41) is 57.7. The summed E-state index contributed by atoms with van der Waals surface area (Å²) in [6.07, 6.45) is 9.53. The first kappa shape index (κ1) is 84.7. The van der Waals surface area contributed by atoms with E-state index in [-0.39, 0.29) is 71.1 Å². The van der Waals surface area contributed by atoms with Gasteiger partial charge in [0.25, 0.3) is 29.1 Å². The monoisotopic (exact) mass is 1540 g/mol. The quantitative estimate of drug-likeness (QED) is 0.0207. The van der Waals surface area contributed by atoms with Crippen molar-refractivity contribution in [1.82, 2.24) is 52.1 Å². The van der Waals surface area contributed by atoms with Crippen LogP contribution in [0, 0.1) is 56.7 Å². The number of carbonyl (C=O) groups is 10. The number of aromatic nitrogens is 2. The van der Waals surface area contributed by atoms with E-state index in [0.29, 0.717) is 94.6 Å². The first-order valence-corrected chi connectivity index (χ1v) is 37.3. The molecule has 7 heterocycles. The molecule has 4 saturated heterocycles. The van der Waals surface area contributed by atoms with Gasteiger partial charge in [0.2, 0.25) is 17.7 Å². The third-order valence-corrected chi connectivity index (χ3v) is 20.1. The molecule has 10 atom stereocenters. The molecule has 32 heteroatoms. The van der Waals surface area contributed by atoms with Crippen LogP contribution < -0.4 is 32.1 Å². The van der Waals surface area contributed by atoms with Crippen molar-refractivity contribution >= 4 is 105 Å². The second-order valence-corrected chi connectivity index (χ2v) is 29.4. The SMILES string of the molecule is CC(C)[C@@H]1OC(=O)C2(/C=C/c3ccc4ccc(nc4c3)[C@@H](C)NC(=O)[C@@H]3CCCN(N3)C(=O)[C@H](C)NC1=O)CCCOC2.CC(C)[C@H](O)C(=O)N[C@@H](C)C(=O)N1CCC[C@@H](C(=O)N[C@H](C)c2ccc3ccc(/C=C/C4(C(=O)O)CCCOC4)cc3n2)N1.Cc1cccc([N+](=O)[O-])c1C(=O)OC(=O)c1c(C)cccc1[N+](=O)[O-]. The van der Waals surface area contributed by atoms with Gasteiger partial charge in [-0.05, 0) is 151 Å². The van der Waals surface area contributed by atoms with E-state index in [2.05, 4.69) is 36.9 Å². The first-order chi connectivity index (χ1) is 53.2. The van der Waals surface area contributed by atoms with E-state index in [1.807, 2.05) is 86.7 Å². The zero-order chi connectivity index (χ0) is 81.5. The van der Waals surface area contributed by atoms with Gasteiger partial charge in [-0.15, -0.1) is 0 Å². The number of benzene rings is 4. The molecule has 0 radical (unpaired) electrons. The molecule has 112 heavy (non-hydrogen) atoms. The number of fused-ring (bicyclic) bond motifs is 5. The largest absolute Gasteiger partial charge is 0.481 e. The fraction of sp³-hybridized carbons (Fsp3) is 0.450. The number of nitrogens with zero attached hydrogens (tertiary/aromatic N) is 6. The number of amides is 6. The number of ether oxygens (including phenoxy) is 4. The number of hydrogen-bond donors (Lipinski definition) is 8. The van der Waals surface area contributed by atoms with Gasteiger partial charge in [-0.25, -0.2) is 20.4 Å². The Morgan fingerprint density at radius 3 is 1.92 bits per heavy atom. The molecular formula is C80H96N12O20. The Balaban J connectivity index is 0.000000201. The van der Waals surface area contributed by atoms with E-state index in [1.54, 1.807) is 53.7 Å². The van der Waals surface area contributed by atoms with Crippen LogP contribution in [0.15, 0.2) is 109 Å². The standard InChI is InChI=1S/C32H43N5O7.C32H41N5O6.C16H12N2O7/c1-19(2)27(38)29(40)34-21(4)30(41)37-15-5-7-25(36-37)28(39)33-20(3)24-11-10-23-9-8-22(17-26(23)35-24)12-14-32(31(42)43)13-6-16-44-18-32;1-19(2)27-29(39)34-21(4)30(40)37-15-5-7-25(36-37)28(38)33-20(3)24-11-10-23-9-8-22(17-26(23)35-24)12-14-32(31(41)43-27)13-6-16-42-18-32;1-9-5-3-7-11(17(21)22)13(9)15(19)25-16(20)14-10(2)6-4-8-12(14)18(23)24/h8-12,14,17,19-21,25,27,36,38H,5-7,13,15-16,18H2,1-4H3,(H,33,39)(H,34,40)(H,42,43);8-12,14,17,19-21,25,27,36H,5-7,13,15-16,18H2,1-4H3,(H,33,38)(H,34,39);3-8H,1-2H3/b2*14-12+;/t2*20-,21+,25+,27+,32?;/m11./s1. The molecule has 0 saturated carbocycles. The average Bonchev–Trinajstić information content (AvgIpc) is 1.00. The number of aliphatic hydroxyl groups is 1. The Morgan fingerprint density at radius 1 is 0.705 bits per heavy atom. The molecule has 4 fully saturated rings. The number of hydrazine groups is 2. The number of carboxylic acid groups (broad SMARTS) is 1. The predicted octanol–water partition coefficient (Wildman–Crippen LogP) is 8.24. The maximum absolute atomic E-state index is 13.8. The lowest BCUT2D eigenvalue weighted by Crippen LogP contribution is -2.61. The Labute approximate surface area is 646 Å². The Hall–Kier alpha value is -11.3. The van der Waals surface area contributed by atoms with Gasteiger partial charge in [-0.1, -0.05) is 113 Å². The molecule has 2 unspecified atom stereocenters. The summed E-state index contributed by atoms with van der Waals surface area (Å²) in [4.78, 5) is 159. The van der Waals surface area contributed by atoms with Crippen molar-refractivity contribution in [3.63, 3.8) is 0 Å². The molecular weight excluding hydrogens is 1450 g/mol. The summed E-state index contributed by atoms with van der Waals surface area (Å²) in [5.74, 6) is -7.03. The second-order valence-electron chi connectivity index (χ2n) is 29.4. The molecule has 596 valence electrons. The smallest absolute Gasteiger partial charge is 0.353 e. The van der Waals surface area contributed by atoms with Crippen LogP contribution in [-0.4, -0.2) is 175 Å². The number of hydrogen-bond acceptors (Lipinski definition) is 23. The van der Waals surface area contributed by atoms with Gasteiger partial charge in [0, 0.05) is 49.2 Å². The Kier molecular flexibility index (Phi) is 28.4. The molecule has 1 spiro atoms. The highest BCUT2D eigenvalue weighted by Gasteiger charge is 2.44. The number of aliphatic carboxylic acids is 1. The summed E-state index contributed by atoms with van der Waals surface area (Å²) < 4.78 is 21.8. The molecule has 8 N–H and O–H groups in total. The number of carboxylic acids is 1. The lowest BCUT2D eigenvalue weighted by molar-refractivity contribution is -0.385. The van der Waals surface area contributed by atoms with Crippen molar-refractivity contribution in [2.75, 3.05) is 39.5 Å². The molecule has 6 amide bonds. The van der Waals surface area contributed by atoms with E-state index >= 15 is 0 Å². The number of nitro benzene ring substituents is 2. The summed E-state index contributed by atoms with van der Waals surface area (Å²) in [5.41, 5.74) is 7.07. The first-order valence-electron chi connectivity index (χ1n) is 37.3. The number of carbonyl (C=O) groups excluding carboxylic acids is 9. The van der Waals surface area contributed by atoms with E-state index in [1.165, 1.54) is 48.1 Å². The highest BCUT2D eigenvalue weighted by atomic mass is 16.6. The topological polar surface area (TPSA) is 439 Å². The third kappa shape index (κ3) is 20.8. The van der Waals surface area contributed by atoms with Crippen molar-refractivity contribution in [3.8, 4) is 0 Å². The lowest BCUT2D eigenvalue weighted by Gasteiger charge is -2.36. The summed E-state index contributed by atoms with van der Waals surface area (Å²) >= 11 is 0. The van der Waals surface area contributed by atoms with Crippen LogP contribution >= 0.6 is 0 Å². The second kappa shape index (κ2) is 37.6. The highest BCUT2D eigenvalue weighted by molar-refractivity contribution is 6.07. The number of aryl methyl sites for hydroxylation is 2. The number of nitrogens with one attached hydrogen (secondary N) is 6. The van der Waals surface area contributed by atoms with Gasteiger partial charge < -0.3 is 50.4 Å². The molecule has 32 nitrogen and oxygen atoms in total. The Morgan fingerprint density at radius 2 is 1.31 bits per heavy atom. The van der Waals surface area contributed by atoms with Gasteiger partial charge in [-0.3, -0.25) is 78.6 Å². The van der Waals surface area contributed by atoms with Crippen LogP contribution in [0.2, 0.25) is 0 Å². The summed E-state index contributed by atoms with van der Waals surface area (Å²) in [6.45, 7) is 18.9. The molecule has 6 aromatic rings. The number of rotatable bonds is 15. The number of aliphatic hydroxyl groups excluding tert-OH is 1. The molecule has 5 bridgehead atoms. The minimum absolute atomic E-state index is 0.138. The van der Waals surface area contributed by atoms with Crippen molar-refractivity contribution in [2.24, 2.45) is 22.7 Å². The van der Waals surface area contributed by atoms with Gasteiger partial charge in [0.15, 0.2) is 6.10 Å². The third-order valence-electron chi connectivity index (χ3n) is 20.1. The number of pyridine rings is 2. The van der Waals surface area contributed by atoms with Gasteiger partial charge in [0.1, 0.15) is 52.2 Å². The van der Waals surface area contributed by atoms with Crippen LogP contribution in [0.4, 0.5) is 11.4 Å². The maximum atomic E-state index is 13.8. The van der Waals surface area contributed by atoms with E-state index in [0.717, 1.165) is 39.5 Å². The highest BCUT2D eigenvalue weighted by Crippen LogP contribution is 2.36. The zero-order valence-electron chi connectivity index (χ0n) is 64.1. The van der Waals surface area contributed by atoms with Crippen molar-refractivity contribution in [3.05, 3.63) is 174 Å². The fourth-order valence-electron chi connectivity index (χ4n) is 13.4. The fourth-order valence-corrected chi connectivity index (χ4v) is 13.4.